The maximum Gasteiger partial charge on any atom is 0.170 e. The van der Waals surface area contributed by atoms with E-state index in [4.69, 9.17) is 14.2 Å². The van der Waals surface area contributed by atoms with E-state index in [1.807, 2.05) is 25.8 Å². The van der Waals surface area contributed by atoms with E-state index in [0.29, 0.717) is 11.1 Å². The molecule has 0 aliphatic carbocycles. The number of nitrogens with zero attached hydrogens (tertiary/aromatic N) is 2. The van der Waals surface area contributed by atoms with E-state index in [2.05, 4.69) is 4.99 Å². The fraction of sp³-hybridized carbons (Fsp3) is 0.409. The highest BCUT2D eigenvalue weighted by Gasteiger charge is 2.43. The molecule has 1 aliphatic rings. The normalized spacial score (nSPS) is 15.4. The SMILES string of the molecule is CCN(C)C=Nc1cc(C)c(C2(OCc3cccc(OC)c3F)COC2)cc1F. The monoisotopic (exact) mass is 404 g/mol. The van der Waals surface area contributed by atoms with Crippen LogP contribution in [0.1, 0.15) is 23.6 Å². The third-order valence-corrected chi connectivity index (χ3v) is 5.12. The highest BCUT2D eigenvalue weighted by atomic mass is 19.1. The summed E-state index contributed by atoms with van der Waals surface area (Å²) in [4.78, 5) is 6.08. The number of hydrogen-bond acceptors (Lipinski definition) is 4. The highest BCUT2D eigenvalue weighted by Crippen LogP contribution is 2.39. The summed E-state index contributed by atoms with van der Waals surface area (Å²) in [6.45, 7) is 5.22. The Morgan fingerprint density at radius 1 is 1.28 bits per heavy atom. The molecular formula is C22H26F2N2O3. The van der Waals surface area contributed by atoms with Crippen molar-refractivity contribution in [2.24, 2.45) is 4.99 Å². The van der Waals surface area contributed by atoms with Crippen LogP contribution in [0.25, 0.3) is 0 Å². The predicted octanol–water partition coefficient (Wildman–Crippen LogP) is 4.34. The molecule has 29 heavy (non-hydrogen) atoms. The van der Waals surface area contributed by atoms with E-state index in [0.717, 1.165) is 12.1 Å². The van der Waals surface area contributed by atoms with E-state index >= 15 is 0 Å². The zero-order chi connectivity index (χ0) is 21.0. The van der Waals surface area contributed by atoms with Crippen molar-refractivity contribution in [2.75, 3.05) is 33.9 Å². The van der Waals surface area contributed by atoms with Gasteiger partial charge in [-0.1, -0.05) is 12.1 Å². The second-order valence-electron chi connectivity index (χ2n) is 7.15. The van der Waals surface area contributed by atoms with Crippen LogP contribution in [-0.4, -0.2) is 45.2 Å². The number of methoxy groups -OCH3 is 1. The Kier molecular flexibility index (Phi) is 6.49. The molecule has 0 unspecified atom stereocenters. The molecule has 0 atom stereocenters. The van der Waals surface area contributed by atoms with Gasteiger partial charge in [0, 0.05) is 19.2 Å². The lowest BCUT2D eigenvalue weighted by Crippen LogP contribution is -2.49. The van der Waals surface area contributed by atoms with Crippen molar-refractivity contribution in [1.82, 2.24) is 4.90 Å². The molecule has 0 saturated carbocycles. The number of aryl methyl sites for hydroxylation is 1. The Balaban J connectivity index is 1.84. The first kappa shape index (κ1) is 21.2. The van der Waals surface area contributed by atoms with Crippen LogP contribution in [0.15, 0.2) is 35.3 Å². The first-order valence-corrected chi connectivity index (χ1v) is 9.48. The van der Waals surface area contributed by atoms with Crippen molar-refractivity contribution < 1.29 is 23.0 Å². The Morgan fingerprint density at radius 3 is 2.66 bits per heavy atom. The van der Waals surface area contributed by atoms with Gasteiger partial charge in [0.25, 0.3) is 0 Å². The molecule has 1 aliphatic heterocycles. The third-order valence-electron chi connectivity index (χ3n) is 5.12. The fourth-order valence-corrected chi connectivity index (χ4v) is 3.14. The van der Waals surface area contributed by atoms with E-state index in [1.54, 1.807) is 30.6 Å². The number of aliphatic imine (C=N–C) groups is 1. The third kappa shape index (κ3) is 4.41. The molecular weight excluding hydrogens is 378 g/mol. The minimum Gasteiger partial charge on any atom is -0.494 e. The van der Waals surface area contributed by atoms with Crippen molar-refractivity contribution in [2.45, 2.75) is 26.1 Å². The first-order chi connectivity index (χ1) is 13.9. The van der Waals surface area contributed by atoms with Gasteiger partial charge in [-0.2, -0.15) is 0 Å². The Morgan fingerprint density at radius 2 is 2.03 bits per heavy atom. The zero-order valence-electron chi connectivity index (χ0n) is 17.2. The molecule has 0 radical (unpaired) electrons. The van der Waals surface area contributed by atoms with Crippen LogP contribution < -0.4 is 4.74 Å². The topological polar surface area (TPSA) is 43.3 Å². The van der Waals surface area contributed by atoms with Gasteiger partial charge in [-0.15, -0.1) is 0 Å². The van der Waals surface area contributed by atoms with Crippen molar-refractivity contribution in [1.29, 1.82) is 0 Å². The van der Waals surface area contributed by atoms with Crippen LogP contribution in [0.2, 0.25) is 0 Å². The lowest BCUT2D eigenvalue weighted by atomic mass is 9.87. The molecule has 1 saturated heterocycles. The molecule has 0 spiro atoms. The molecule has 0 bridgehead atoms. The van der Waals surface area contributed by atoms with Crippen molar-refractivity contribution >= 4 is 12.0 Å². The molecule has 2 aromatic rings. The average Bonchev–Trinajstić information content (AvgIpc) is 2.69. The van der Waals surface area contributed by atoms with E-state index in [-0.39, 0.29) is 31.3 Å². The number of ether oxygens (including phenoxy) is 3. The highest BCUT2D eigenvalue weighted by molar-refractivity contribution is 5.62. The quantitative estimate of drug-likeness (QED) is 0.485. The summed E-state index contributed by atoms with van der Waals surface area (Å²) in [5.41, 5.74) is 1.35. The van der Waals surface area contributed by atoms with Gasteiger partial charge in [0.2, 0.25) is 0 Å². The molecule has 0 amide bonds. The number of halogens is 2. The average molecular weight is 404 g/mol. The summed E-state index contributed by atoms with van der Waals surface area (Å²) in [6.07, 6.45) is 1.60. The van der Waals surface area contributed by atoms with Crippen LogP contribution >= 0.6 is 0 Å². The van der Waals surface area contributed by atoms with Gasteiger partial charge in [-0.3, -0.25) is 0 Å². The van der Waals surface area contributed by atoms with Gasteiger partial charge in [0.1, 0.15) is 17.1 Å². The molecule has 2 aromatic carbocycles. The molecule has 0 aromatic heterocycles. The lowest BCUT2D eigenvalue weighted by molar-refractivity contribution is -0.223. The van der Waals surface area contributed by atoms with Crippen LogP contribution in [-0.2, 0) is 21.7 Å². The Hall–Kier alpha value is -2.51. The summed E-state index contributed by atoms with van der Waals surface area (Å²) in [7, 11) is 3.29. The second kappa shape index (κ2) is 8.88. The minimum atomic E-state index is -0.817. The standard InChI is InChI=1S/C22H26F2N2O3/c1-5-26(3)14-25-19-9-15(2)17(10-18(19)23)22(12-28-13-22)29-11-16-7-6-8-20(27-4)21(16)24/h6-10,14H,5,11-13H2,1-4H3. The maximum atomic E-state index is 14.7. The van der Waals surface area contributed by atoms with Gasteiger partial charge in [-0.25, -0.2) is 13.8 Å². The molecule has 1 fully saturated rings. The van der Waals surface area contributed by atoms with Crippen LogP contribution in [0, 0.1) is 18.6 Å². The zero-order valence-corrected chi connectivity index (χ0v) is 17.2. The van der Waals surface area contributed by atoms with Gasteiger partial charge in [0.05, 0.1) is 33.3 Å². The fourth-order valence-electron chi connectivity index (χ4n) is 3.14. The number of rotatable bonds is 8. The summed E-state index contributed by atoms with van der Waals surface area (Å²) in [5.74, 6) is -0.738. The van der Waals surface area contributed by atoms with Crippen LogP contribution in [0.5, 0.6) is 5.75 Å². The molecule has 3 rings (SSSR count). The number of hydrogen-bond donors (Lipinski definition) is 0. The van der Waals surface area contributed by atoms with Crippen molar-refractivity contribution in [3.8, 4) is 5.75 Å². The van der Waals surface area contributed by atoms with Crippen LogP contribution in [0.4, 0.5) is 14.5 Å². The van der Waals surface area contributed by atoms with Gasteiger partial charge < -0.3 is 19.1 Å². The summed E-state index contributed by atoms with van der Waals surface area (Å²) in [5, 5.41) is 0. The van der Waals surface area contributed by atoms with Crippen molar-refractivity contribution in [3.05, 3.63) is 58.7 Å². The smallest absolute Gasteiger partial charge is 0.170 e. The molecule has 156 valence electrons. The molecule has 7 heteroatoms. The van der Waals surface area contributed by atoms with E-state index < -0.39 is 17.2 Å². The van der Waals surface area contributed by atoms with Gasteiger partial charge >= 0.3 is 0 Å². The Labute approximate surface area is 169 Å². The minimum absolute atomic E-state index is 0.0225. The van der Waals surface area contributed by atoms with Crippen LogP contribution in [0.3, 0.4) is 0 Å². The number of benzene rings is 2. The molecule has 1 heterocycles. The summed E-state index contributed by atoms with van der Waals surface area (Å²) in [6, 6.07) is 8.03. The molecule has 0 N–H and O–H groups in total. The first-order valence-electron chi connectivity index (χ1n) is 9.48. The summed E-state index contributed by atoms with van der Waals surface area (Å²) >= 11 is 0. The lowest BCUT2D eigenvalue weighted by Gasteiger charge is -2.42. The maximum absolute atomic E-state index is 14.7. The summed E-state index contributed by atoms with van der Waals surface area (Å²) < 4.78 is 45.6. The molecule has 5 nitrogen and oxygen atoms in total. The second-order valence-corrected chi connectivity index (χ2v) is 7.15. The largest absolute Gasteiger partial charge is 0.494 e. The van der Waals surface area contributed by atoms with Crippen molar-refractivity contribution in [3.63, 3.8) is 0 Å². The van der Waals surface area contributed by atoms with E-state index in [1.165, 1.54) is 13.2 Å². The van der Waals surface area contributed by atoms with E-state index in [9.17, 15) is 8.78 Å². The predicted molar refractivity (Wildman–Crippen MR) is 108 cm³/mol. The Bertz CT molecular complexity index is 898. The van der Waals surface area contributed by atoms with Gasteiger partial charge in [-0.05, 0) is 43.2 Å². The van der Waals surface area contributed by atoms with Gasteiger partial charge in [0.15, 0.2) is 11.6 Å².